The molecule has 162 valence electrons. The minimum absolute atomic E-state index is 0.0303. The summed E-state index contributed by atoms with van der Waals surface area (Å²) in [6.07, 6.45) is 2.58. The molecule has 0 bridgehead atoms. The summed E-state index contributed by atoms with van der Waals surface area (Å²) in [7, 11) is -7.34. The predicted molar refractivity (Wildman–Crippen MR) is 118 cm³/mol. The zero-order chi connectivity index (χ0) is 22.1. The number of fused-ring (bicyclic) bond motifs is 1. The van der Waals surface area contributed by atoms with Gasteiger partial charge in [0.1, 0.15) is 0 Å². The Balaban J connectivity index is 1.83. The fourth-order valence-corrected chi connectivity index (χ4v) is 5.20. The van der Waals surface area contributed by atoms with Gasteiger partial charge in [0.15, 0.2) is 0 Å². The van der Waals surface area contributed by atoms with E-state index in [0.29, 0.717) is 24.3 Å². The van der Waals surface area contributed by atoms with Crippen LogP contribution in [0.15, 0.2) is 47.4 Å². The van der Waals surface area contributed by atoms with Gasteiger partial charge in [-0.25, -0.2) is 16.8 Å². The first-order chi connectivity index (χ1) is 14.0. The number of anilines is 3. The highest BCUT2D eigenvalue weighted by Crippen LogP contribution is 2.32. The minimum Gasteiger partial charge on any atom is -0.326 e. The number of nitrogens with zero attached hydrogens (tertiary/aromatic N) is 1. The molecule has 3 rings (SSSR count). The van der Waals surface area contributed by atoms with Gasteiger partial charge in [-0.2, -0.15) is 0 Å². The third-order valence-corrected chi connectivity index (χ3v) is 7.35. The van der Waals surface area contributed by atoms with Crippen LogP contribution in [0.3, 0.4) is 0 Å². The summed E-state index contributed by atoms with van der Waals surface area (Å²) < 4.78 is 53.5. The first-order valence-electron chi connectivity index (χ1n) is 9.52. The molecular weight excluding hydrogens is 426 g/mol. The summed E-state index contributed by atoms with van der Waals surface area (Å²) in [5, 5.41) is 2.71. The standard InChI is InChI=1S/C20H25N3O5S2/c1-14(2)20(24)21-16-8-10-18(11-9-16)30(27,28)22-17-7-6-15-5-4-12-23(19(15)13-17)29(3,25)26/h6-11,13-14,22H,4-5,12H2,1-3H3,(H,21,24). The molecule has 0 aliphatic carbocycles. The number of carbonyl (C=O) groups is 1. The number of hydrogen-bond acceptors (Lipinski definition) is 5. The van der Waals surface area contributed by atoms with Crippen LogP contribution in [0.2, 0.25) is 0 Å². The van der Waals surface area contributed by atoms with Gasteiger partial charge >= 0.3 is 0 Å². The number of sulfonamides is 2. The lowest BCUT2D eigenvalue weighted by atomic mass is 10.0. The first kappa shape index (κ1) is 22.1. The van der Waals surface area contributed by atoms with Gasteiger partial charge in [0.25, 0.3) is 10.0 Å². The molecule has 0 saturated carbocycles. The van der Waals surface area contributed by atoms with Gasteiger partial charge in [-0.1, -0.05) is 19.9 Å². The van der Waals surface area contributed by atoms with Gasteiger partial charge in [-0.3, -0.25) is 13.8 Å². The molecule has 0 radical (unpaired) electrons. The van der Waals surface area contributed by atoms with Crippen molar-refractivity contribution >= 4 is 43.0 Å². The van der Waals surface area contributed by atoms with Gasteiger partial charge in [0.2, 0.25) is 15.9 Å². The van der Waals surface area contributed by atoms with Crippen molar-refractivity contribution in [2.24, 2.45) is 5.92 Å². The van der Waals surface area contributed by atoms with E-state index in [4.69, 9.17) is 0 Å². The molecule has 1 aliphatic heterocycles. The van der Waals surface area contributed by atoms with Crippen LogP contribution < -0.4 is 14.3 Å². The van der Waals surface area contributed by atoms with Crippen molar-refractivity contribution in [1.82, 2.24) is 0 Å². The molecule has 0 aromatic heterocycles. The van der Waals surface area contributed by atoms with Gasteiger partial charge in [0, 0.05) is 18.2 Å². The second-order valence-corrected chi connectivity index (χ2v) is 11.1. The molecule has 0 spiro atoms. The van der Waals surface area contributed by atoms with Gasteiger partial charge in [-0.05, 0) is 54.8 Å². The molecule has 2 aromatic carbocycles. The van der Waals surface area contributed by atoms with Crippen molar-refractivity contribution in [3.8, 4) is 0 Å². The molecule has 1 aliphatic rings. The van der Waals surface area contributed by atoms with Gasteiger partial charge in [-0.15, -0.1) is 0 Å². The van der Waals surface area contributed by atoms with Gasteiger partial charge in [0.05, 0.1) is 22.5 Å². The average Bonchev–Trinajstić information content (AvgIpc) is 2.66. The lowest BCUT2D eigenvalue weighted by Gasteiger charge is -2.29. The van der Waals surface area contributed by atoms with E-state index in [0.717, 1.165) is 18.2 Å². The van der Waals surface area contributed by atoms with Crippen molar-refractivity contribution in [3.63, 3.8) is 0 Å². The van der Waals surface area contributed by atoms with E-state index in [1.807, 2.05) is 0 Å². The quantitative estimate of drug-likeness (QED) is 0.701. The predicted octanol–water partition coefficient (Wildman–Crippen LogP) is 2.79. The fourth-order valence-electron chi connectivity index (χ4n) is 3.17. The summed E-state index contributed by atoms with van der Waals surface area (Å²) in [5.74, 6) is -0.348. The van der Waals surface area contributed by atoms with Crippen LogP contribution in [-0.4, -0.2) is 35.5 Å². The zero-order valence-electron chi connectivity index (χ0n) is 17.0. The Morgan fingerprint density at radius 1 is 1.00 bits per heavy atom. The maximum absolute atomic E-state index is 12.8. The second kappa shape index (κ2) is 8.27. The molecule has 0 fully saturated rings. The Kier molecular flexibility index (Phi) is 6.09. The smallest absolute Gasteiger partial charge is 0.261 e. The Morgan fingerprint density at radius 2 is 1.63 bits per heavy atom. The second-order valence-electron chi connectivity index (χ2n) is 7.56. The maximum Gasteiger partial charge on any atom is 0.261 e. The van der Waals surface area contributed by atoms with E-state index in [1.54, 1.807) is 32.0 Å². The third kappa shape index (κ3) is 4.93. The molecule has 0 atom stereocenters. The molecule has 0 saturated heterocycles. The normalized spacial score (nSPS) is 14.3. The number of benzene rings is 2. The Bertz CT molecular complexity index is 1160. The molecule has 30 heavy (non-hydrogen) atoms. The van der Waals surface area contributed by atoms with Crippen molar-refractivity contribution in [1.29, 1.82) is 0 Å². The highest BCUT2D eigenvalue weighted by Gasteiger charge is 2.25. The summed E-state index contributed by atoms with van der Waals surface area (Å²) >= 11 is 0. The van der Waals surface area contributed by atoms with E-state index in [9.17, 15) is 21.6 Å². The average molecular weight is 452 g/mol. The molecule has 2 aromatic rings. The number of nitrogens with one attached hydrogen (secondary N) is 2. The molecule has 0 unspecified atom stereocenters. The third-order valence-electron chi connectivity index (χ3n) is 4.77. The van der Waals surface area contributed by atoms with Crippen molar-refractivity contribution < 1.29 is 21.6 Å². The fraction of sp³-hybridized carbons (Fsp3) is 0.350. The molecule has 1 heterocycles. The minimum atomic E-state index is -3.89. The molecule has 10 heteroatoms. The van der Waals surface area contributed by atoms with Crippen molar-refractivity contribution in [2.75, 3.05) is 27.1 Å². The summed E-state index contributed by atoms with van der Waals surface area (Å²) in [6, 6.07) is 10.8. The molecule has 8 nitrogen and oxygen atoms in total. The number of aryl methyl sites for hydroxylation is 1. The largest absolute Gasteiger partial charge is 0.326 e. The summed E-state index contributed by atoms with van der Waals surface area (Å²) in [5.41, 5.74) is 2.14. The topological polar surface area (TPSA) is 113 Å². The van der Waals surface area contributed by atoms with Crippen molar-refractivity contribution in [3.05, 3.63) is 48.0 Å². The van der Waals surface area contributed by atoms with Crippen molar-refractivity contribution in [2.45, 2.75) is 31.6 Å². The SMILES string of the molecule is CC(C)C(=O)Nc1ccc(S(=O)(=O)Nc2ccc3c(c2)N(S(C)(=O)=O)CCC3)cc1. The monoisotopic (exact) mass is 451 g/mol. The van der Waals surface area contributed by atoms with Crippen LogP contribution in [0.1, 0.15) is 25.8 Å². The Labute approximate surface area is 177 Å². The van der Waals surface area contributed by atoms with E-state index in [-0.39, 0.29) is 22.4 Å². The van der Waals surface area contributed by atoms with Crippen LogP contribution in [-0.2, 0) is 31.3 Å². The van der Waals surface area contributed by atoms with Crippen LogP contribution >= 0.6 is 0 Å². The highest BCUT2D eigenvalue weighted by molar-refractivity contribution is 7.92. The van der Waals surface area contributed by atoms with E-state index in [1.165, 1.54) is 28.6 Å². The number of hydrogen-bond donors (Lipinski definition) is 2. The summed E-state index contributed by atoms with van der Waals surface area (Å²) in [6.45, 7) is 3.90. The first-order valence-corrected chi connectivity index (χ1v) is 12.8. The van der Waals surface area contributed by atoms with E-state index < -0.39 is 20.0 Å². The summed E-state index contributed by atoms with van der Waals surface area (Å²) in [4.78, 5) is 11.8. The van der Waals surface area contributed by atoms with Crippen LogP contribution in [0.25, 0.3) is 0 Å². The molecular formula is C20H25N3O5S2. The Hall–Kier alpha value is -2.59. The van der Waals surface area contributed by atoms with Crippen LogP contribution in [0.4, 0.5) is 17.1 Å². The Morgan fingerprint density at radius 3 is 2.23 bits per heavy atom. The molecule has 1 amide bonds. The van der Waals surface area contributed by atoms with Crippen LogP contribution in [0, 0.1) is 5.92 Å². The highest BCUT2D eigenvalue weighted by atomic mass is 32.2. The van der Waals surface area contributed by atoms with Crippen LogP contribution in [0.5, 0.6) is 0 Å². The van der Waals surface area contributed by atoms with E-state index in [2.05, 4.69) is 10.0 Å². The zero-order valence-corrected chi connectivity index (χ0v) is 18.7. The number of amides is 1. The molecule has 2 N–H and O–H groups in total. The van der Waals surface area contributed by atoms with E-state index >= 15 is 0 Å². The van der Waals surface area contributed by atoms with Gasteiger partial charge < -0.3 is 5.32 Å². The number of carbonyl (C=O) groups excluding carboxylic acids is 1. The maximum atomic E-state index is 12.8. The lowest BCUT2D eigenvalue weighted by molar-refractivity contribution is -0.118. The number of rotatable bonds is 6. The lowest BCUT2D eigenvalue weighted by Crippen LogP contribution is -2.34.